The Bertz CT molecular complexity index is 348. The zero-order valence-corrected chi connectivity index (χ0v) is 8.76. The molecule has 74 valence electrons. The van der Waals surface area contributed by atoms with E-state index in [1.165, 1.54) is 0 Å². The Morgan fingerprint density at radius 2 is 1.93 bits per heavy atom. The Kier molecular flexibility index (Phi) is 2.41. The molecule has 0 aliphatic heterocycles. The van der Waals surface area contributed by atoms with Crippen molar-refractivity contribution >= 4 is 29.2 Å². The SMILES string of the molecule is O=C(O[C@@H]1CC1(Cl)Cl)c1ccccc1. The molecule has 1 aliphatic rings. The molecule has 0 heterocycles. The summed E-state index contributed by atoms with van der Waals surface area (Å²) >= 11 is 11.5. The van der Waals surface area contributed by atoms with Crippen LogP contribution < -0.4 is 0 Å². The van der Waals surface area contributed by atoms with E-state index in [0.717, 1.165) is 0 Å². The summed E-state index contributed by atoms with van der Waals surface area (Å²) in [6, 6.07) is 8.77. The minimum atomic E-state index is -0.871. The molecule has 2 nitrogen and oxygen atoms in total. The average molecular weight is 231 g/mol. The fourth-order valence-electron chi connectivity index (χ4n) is 1.09. The van der Waals surface area contributed by atoms with Gasteiger partial charge in [0.2, 0.25) is 0 Å². The Morgan fingerprint density at radius 1 is 1.36 bits per heavy atom. The molecule has 0 unspecified atom stereocenters. The molecule has 2 rings (SSSR count). The maximum Gasteiger partial charge on any atom is 0.338 e. The fourth-order valence-corrected chi connectivity index (χ4v) is 1.46. The van der Waals surface area contributed by atoms with Crippen LogP contribution in [0.15, 0.2) is 30.3 Å². The molecule has 0 bridgehead atoms. The van der Waals surface area contributed by atoms with Gasteiger partial charge in [-0.3, -0.25) is 0 Å². The summed E-state index contributed by atoms with van der Waals surface area (Å²) < 4.78 is 4.19. The van der Waals surface area contributed by atoms with Crippen LogP contribution in [-0.4, -0.2) is 16.4 Å². The number of hydrogen-bond acceptors (Lipinski definition) is 2. The lowest BCUT2D eigenvalue weighted by molar-refractivity contribution is 0.0468. The first-order valence-electron chi connectivity index (χ1n) is 4.23. The van der Waals surface area contributed by atoms with Gasteiger partial charge in [-0.05, 0) is 12.1 Å². The molecule has 1 aromatic rings. The number of ether oxygens (including phenoxy) is 1. The highest BCUT2D eigenvalue weighted by molar-refractivity contribution is 6.51. The van der Waals surface area contributed by atoms with E-state index in [-0.39, 0.29) is 12.1 Å². The molecule has 1 aliphatic carbocycles. The van der Waals surface area contributed by atoms with E-state index in [4.69, 9.17) is 27.9 Å². The van der Waals surface area contributed by atoms with Crippen molar-refractivity contribution in [3.05, 3.63) is 35.9 Å². The number of rotatable bonds is 2. The maximum atomic E-state index is 11.4. The summed E-state index contributed by atoms with van der Waals surface area (Å²) in [4.78, 5) is 11.4. The first kappa shape index (κ1) is 9.81. The van der Waals surface area contributed by atoms with E-state index in [2.05, 4.69) is 0 Å². The van der Waals surface area contributed by atoms with Gasteiger partial charge >= 0.3 is 5.97 Å². The van der Waals surface area contributed by atoms with Crippen molar-refractivity contribution in [2.75, 3.05) is 0 Å². The van der Waals surface area contributed by atoms with Crippen molar-refractivity contribution in [3.63, 3.8) is 0 Å². The summed E-state index contributed by atoms with van der Waals surface area (Å²) in [6.45, 7) is 0. The summed E-state index contributed by atoms with van der Waals surface area (Å²) in [5.41, 5.74) is 0.517. The zero-order chi connectivity index (χ0) is 10.2. The van der Waals surface area contributed by atoms with Gasteiger partial charge in [0.05, 0.1) is 5.56 Å². The van der Waals surface area contributed by atoms with E-state index in [1.807, 2.05) is 6.07 Å². The second-order valence-corrected chi connectivity index (χ2v) is 4.77. The molecule has 0 radical (unpaired) electrons. The third-order valence-corrected chi connectivity index (χ3v) is 2.82. The molecule has 0 spiro atoms. The lowest BCUT2D eigenvalue weighted by atomic mass is 10.2. The van der Waals surface area contributed by atoms with Crippen molar-refractivity contribution < 1.29 is 9.53 Å². The molecule has 1 atom stereocenters. The van der Waals surface area contributed by atoms with Gasteiger partial charge in [-0.25, -0.2) is 4.79 Å². The zero-order valence-electron chi connectivity index (χ0n) is 7.24. The van der Waals surface area contributed by atoms with Crippen LogP contribution in [0.2, 0.25) is 0 Å². The van der Waals surface area contributed by atoms with Crippen molar-refractivity contribution in [1.82, 2.24) is 0 Å². The Labute approximate surface area is 91.8 Å². The molecule has 14 heavy (non-hydrogen) atoms. The van der Waals surface area contributed by atoms with Crippen LogP contribution in [0.25, 0.3) is 0 Å². The minimum absolute atomic E-state index is 0.362. The van der Waals surface area contributed by atoms with Gasteiger partial charge in [0.15, 0.2) is 4.33 Å². The predicted octanol–water partition coefficient (Wildman–Crippen LogP) is 2.79. The largest absolute Gasteiger partial charge is 0.455 e. The molecule has 1 saturated carbocycles. The maximum absolute atomic E-state index is 11.4. The highest BCUT2D eigenvalue weighted by Gasteiger charge is 2.55. The highest BCUT2D eigenvalue weighted by Crippen LogP contribution is 2.49. The number of alkyl halides is 2. The monoisotopic (exact) mass is 230 g/mol. The Hall–Kier alpha value is -0.730. The minimum Gasteiger partial charge on any atom is -0.455 e. The smallest absolute Gasteiger partial charge is 0.338 e. The van der Waals surface area contributed by atoms with E-state index in [0.29, 0.717) is 12.0 Å². The summed E-state index contributed by atoms with van der Waals surface area (Å²) in [5, 5.41) is 0. The van der Waals surface area contributed by atoms with Gasteiger partial charge in [0.25, 0.3) is 0 Å². The number of carbonyl (C=O) groups is 1. The summed E-state index contributed by atoms with van der Waals surface area (Å²) in [5.74, 6) is -0.376. The van der Waals surface area contributed by atoms with Crippen LogP contribution in [0.1, 0.15) is 16.8 Å². The molecule has 1 aromatic carbocycles. The molecule has 0 amide bonds. The van der Waals surface area contributed by atoms with E-state index < -0.39 is 4.33 Å². The first-order chi connectivity index (χ1) is 6.59. The number of halogens is 2. The topological polar surface area (TPSA) is 26.3 Å². The molecule has 4 heteroatoms. The fraction of sp³-hybridized carbons (Fsp3) is 0.300. The van der Waals surface area contributed by atoms with E-state index in [1.54, 1.807) is 24.3 Å². The lowest BCUT2D eigenvalue weighted by Crippen LogP contribution is -2.10. The van der Waals surface area contributed by atoms with Gasteiger partial charge in [-0.15, -0.1) is 0 Å². The normalized spacial score (nSPS) is 22.9. The quantitative estimate of drug-likeness (QED) is 0.577. The second-order valence-electron chi connectivity index (χ2n) is 3.23. The summed E-state index contributed by atoms with van der Waals surface area (Å²) in [6.07, 6.45) is 0.146. The number of esters is 1. The third kappa shape index (κ3) is 2.02. The van der Waals surface area contributed by atoms with Crippen LogP contribution in [0.3, 0.4) is 0 Å². The molecular formula is C10H8Cl2O2. The van der Waals surface area contributed by atoms with Crippen molar-refractivity contribution in [1.29, 1.82) is 0 Å². The standard InChI is InChI=1S/C10H8Cl2O2/c11-10(12)6-8(10)14-9(13)7-4-2-1-3-5-7/h1-5,8H,6H2/t8-/m1/s1. The van der Waals surface area contributed by atoms with E-state index >= 15 is 0 Å². The second kappa shape index (κ2) is 3.44. The van der Waals surface area contributed by atoms with Crippen LogP contribution in [0, 0.1) is 0 Å². The Morgan fingerprint density at radius 3 is 2.43 bits per heavy atom. The predicted molar refractivity (Wildman–Crippen MR) is 54.7 cm³/mol. The van der Waals surface area contributed by atoms with Crippen LogP contribution in [0.5, 0.6) is 0 Å². The number of carbonyl (C=O) groups excluding carboxylic acids is 1. The van der Waals surface area contributed by atoms with Gasteiger partial charge < -0.3 is 4.74 Å². The van der Waals surface area contributed by atoms with Crippen LogP contribution in [-0.2, 0) is 4.74 Å². The molecular weight excluding hydrogens is 223 g/mol. The number of benzene rings is 1. The van der Waals surface area contributed by atoms with Crippen molar-refractivity contribution in [2.24, 2.45) is 0 Å². The molecule has 0 aromatic heterocycles. The van der Waals surface area contributed by atoms with E-state index in [9.17, 15) is 4.79 Å². The first-order valence-corrected chi connectivity index (χ1v) is 4.99. The summed E-state index contributed by atoms with van der Waals surface area (Å²) in [7, 11) is 0. The molecule has 1 fully saturated rings. The van der Waals surface area contributed by atoms with Crippen LogP contribution >= 0.6 is 23.2 Å². The molecule has 0 N–H and O–H groups in total. The van der Waals surface area contributed by atoms with Gasteiger partial charge in [0.1, 0.15) is 6.10 Å². The number of hydrogen-bond donors (Lipinski definition) is 0. The third-order valence-electron chi connectivity index (χ3n) is 2.03. The van der Waals surface area contributed by atoms with Crippen molar-refractivity contribution in [3.8, 4) is 0 Å². The highest BCUT2D eigenvalue weighted by atomic mass is 35.5. The van der Waals surface area contributed by atoms with Gasteiger partial charge in [-0.1, -0.05) is 41.4 Å². The van der Waals surface area contributed by atoms with Gasteiger partial charge in [-0.2, -0.15) is 0 Å². The molecule has 0 saturated heterocycles. The Balaban J connectivity index is 1.98. The van der Waals surface area contributed by atoms with Gasteiger partial charge in [0, 0.05) is 6.42 Å². The van der Waals surface area contributed by atoms with Crippen LogP contribution in [0.4, 0.5) is 0 Å². The average Bonchev–Trinajstić information content (AvgIpc) is 2.75. The lowest BCUT2D eigenvalue weighted by Gasteiger charge is -2.03. The van der Waals surface area contributed by atoms with Crippen molar-refractivity contribution in [2.45, 2.75) is 16.9 Å².